The lowest BCUT2D eigenvalue weighted by Gasteiger charge is -2.42. The summed E-state index contributed by atoms with van der Waals surface area (Å²) in [7, 11) is 0. The first-order valence-corrected chi connectivity index (χ1v) is 30.1. The maximum absolute atomic E-state index is 7.64. The Morgan fingerprint density at radius 3 is 1.16 bits per heavy atom. The molecule has 15 rings (SSSR count). The van der Waals surface area contributed by atoms with Gasteiger partial charge in [-0.3, -0.25) is 9.80 Å². The molecule has 81 heavy (non-hydrogen) atoms. The number of nitrogens with zero attached hydrogens (tertiary/aromatic N) is 2. The average molecular weight is 1090 g/mol. The van der Waals surface area contributed by atoms with Gasteiger partial charge in [-0.05, 0) is 132 Å². The lowest BCUT2D eigenvalue weighted by Crippen LogP contribution is -2.61. The predicted octanol–water partition coefficient (Wildman–Crippen LogP) is 20.3. The van der Waals surface area contributed by atoms with Crippen molar-refractivity contribution in [3.63, 3.8) is 0 Å². The van der Waals surface area contributed by atoms with Crippen molar-refractivity contribution < 1.29 is 8.83 Å². The first kappa shape index (κ1) is 49.7. The highest BCUT2D eigenvalue weighted by molar-refractivity contribution is 7.18. The molecule has 0 atom stereocenters. The summed E-state index contributed by atoms with van der Waals surface area (Å²) >= 11 is 3.60. The molecular formula is C74H61BN2O2S2. The summed E-state index contributed by atoms with van der Waals surface area (Å²) in [6.45, 7) is 20.6. The van der Waals surface area contributed by atoms with Crippen molar-refractivity contribution in [2.75, 3.05) is 9.80 Å². The van der Waals surface area contributed by atoms with E-state index < -0.39 is 0 Å². The average Bonchev–Trinajstić information content (AvgIpc) is 4.40. The van der Waals surface area contributed by atoms with Gasteiger partial charge in [0.05, 0.1) is 11.4 Å². The fraction of sp³-hybridized carbons (Fsp3) is 0.162. The van der Waals surface area contributed by atoms with E-state index in [0.717, 1.165) is 101 Å². The molecule has 4 nitrogen and oxygen atoms in total. The number of benzene rings is 9. The number of thiophene rings is 2. The van der Waals surface area contributed by atoms with Gasteiger partial charge in [0.15, 0.2) is 0 Å². The maximum Gasteiger partial charge on any atom is 0.262 e. The molecule has 0 spiro atoms. The second-order valence-electron chi connectivity index (χ2n) is 25.3. The lowest BCUT2D eigenvalue weighted by atomic mass is 9.33. The van der Waals surface area contributed by atoms with Gasteiger partial charge in [0.1, 0.15) is 11.2 Å². The Kier molecular flexibility index (Phi) is 11.1. The molecular weight excluding hydrogens is 1020 g/mol. The van der Waals surface area contributed by atoms with Crippen LogP contribution in [0.25, 0.3) is 86.6 Å². The van der Waals surface area contributed by atoms with Crippen molar-refractivity contribution in [1.82, 2.24) is 0 Å². The number of anilines is 6. The zero-order chi connectivity index (χ0) is 55.3. The Hall–Kier alpha value is -8.36. The Morgan fingerprint density at radius 1 is 0.333 bits per heavy atom. The third-order valence-electron chi connectivity index (χ3n) is 17.1. The number of fused-ring (bicyclic) bond motifs is 10. The molecule has 7 heteroatoms. The fourth-order valence-corrected chi connectivity index (χ4v) is 14.7. The first-order valence-electron chi connectivity index (χ1n) is 28.3. The summed E-state index contributed by atoms with van der Waals surface area (Å²) in [5.74, 6) is 1.65. The summed E-state index contributed by atoms with van der Waals surface area (Å²) in [5, 5.41) is 9.38. The van der Waals surface area contributed by atoms with Crippen LogP contribution in [0.3, 0.4) is 0 Å². The minimum Gasteiger partial charge on any atom is -0.440 e. The van der Waals surface area contributed by atoms with Gasteiger partial charge in [-0.25, -0.2) is 0 Å². The normalized spacial score (nSPS) is 13.4. The zero-order valence-electron chi connectivity index (χ0n) is 47.2. The molecule has 2 aliphatic heterocycles. The summed E-state index contributed by atoms with van der Waals surface area (Å²) in [4.78, 5) is 5.02. The highest BCUT2D eigenvalue weighted by atomic mass is 32.1. The summed E-state index contributed by atoms with van der Waals surface area (Å²) < 4.78 is 17.8. The van der Waals surface area contributed by atoms with Gasteiger partial charge in [0.2, 0.25) is 11.8 Å². The molecule has 0 unspecified atom stereocenters. The van der Waals surface area contributed by atoms with Crippen LogP contribution in [-0.2, 0) is 16.2 Å². The Labute approximate surface area is 482 Å². The summed E-state index contributed by atoms with van der Waals surface area (Å²) in [5.41, 5.74) is 22.0. The van der Waals surface area contributed by atoms with Crippen LogP contribution in [0.4, 0.5) is 34.5 Å². The second-order valence-corrected chi connectivity index (χ2v) is 27.2. The molecule has 0 bridgehead atoms. The van der Waals surface area contributed by atoms with Crippen molar-refractivity contribution in [1.29, 1.82) is 0 Å². The molecule has 6 heterocycles. The molecule has 0 aliphatic carbocycles. The highest BCUT2D eigenvalue weighted by Crippen LogP contribution is 2.54. The third kappa shape index (κ3) is 7.91. The standard InChI is InChI=1S/C74H61BN2O2S2/c1-72(2,3)48-30-34-63-55(38-48)67-70(78-63)76(59-36-46(28-32-51(59)44-20-12-10-13-21-44)57-42-80-65-26-18-16-24-53(57)65)61-40-50(74(7,8)9)41-62-69(61)75(67)68-56-39-49(73(4,5)6)31-35-64(56)79-71(68)77(62)60-37-47(29-33-52(60)45-22-14-11-15-23-45)58-43-81-66-27-19-17-25-54(58)66/h10-43H,1-9H3. The van der Waals surface area contributed by atoms with Crippen molar-refractivity contribution in [2.24, 2.45) is 0 Å². The predicted molar refractivity (Wildman–Crippen MR) is 349 cm³/mol. The van der Waals surface area contributed by atoms with Gasteiger partial charge in [0.25, 0.3) is 6.71 Å². The number of furan rings is 2. The van der Waals surface area contributed by atoms with Gasteiger partial charge < -0.3 is 8.83 Å². The van der Waals surface area contributed by atoms with E-state index in [-0.39, 0.29) is 23.0 Å². The van der Waals surface area contributed by atoms with Gasteiger partial charge in [-0.1, -0.05) is 196 Å². The zero-order valence-corrected chi connectivity index (χ0v) is 48.9. The van der Waals surface area contributed by atoms with Crippen LogP contribution in [0.15, 0.2) is 214 Å². The van der Waals surface area contributed by atoms with Crippen LogP contribution in [0.2, 0.25) is 0 Å². The van der Waals surface area contributed by atoms with Crippen molar-refractivity contribution in [3.8, 4) is 44.5 Å². The van der Waals surface area contributed by atoms with E-state index >= 15 is 0 Å². The van der Waals surface area contributed by atoms with Gasteiger partial charge >= 0.3 is 0 Å². The monoisotopic (exact) mass is 1080 g/mol. The maximum atomic E-state index is 7.64. The lowest BCUT2D eigenvalue weighted by molar-refractivity contribution is 0.588. The van der Waals surface area contributed by atoms with E-state index in [1.165, 1.54) is 53.5 Å². The minimum absolute atomic E-state index is 0.124. The quantitative estimate of drug-likeness (QED) is 0.155. The van der Waals surface area contributed by atoms with E-state index in [4.69, 9.17) is 8.83 Å². The van der Waals surface area contributed by atoms with E-state index in [0.29, 0.717) is 0 Å². The van der Waals surface area contributed by atoms with Crippen molar-refractivity contribution in [2.45, 2.75) is 78.6 Å². The third-order valence-corrected chi connectivity index (χ3v) is 19.1. The summed E-state index contributed by atoms with van der Waals surface area (Å²) in [6, 6.07) is 72.4. The fourth-order valence-electron chi connectivity index (χ4n) is 12.8. The molecule has 0 fully saturated rings. The van der Waals surface area contributed by atoms with E-state index in [2.05, 4.69) is 277 Å². The Balaban J connectivity index is 1.12. The van der Waals surface area contributed by atoms with E-state index in [9.17, 15) is 0 Å². The number of hydrogen-bond acceptors (Lipinski definition) is 6. The van der Waals surface area contributed by atoms with Crippen LogP contribution in [0.5, 0.6) is 0 Å². The van der Waals surface area contributed by atoms with Crippen molar-refractivity contribution >= 4 is 122 Å². The molecule has 2 aliphatic rings. The van der Waals surface area contributed by atoms with Crippen LogP contribution >= 0.6 is 22.7 Å². The molecule has 4 aromatic heterocycles. The molecule has 0 radical (unpaired) electrons. The Bertz CT molecular complexity index is 4380. The number of hydrogen-bond donors (Lipinski definition) is 0. The van der Waals surface area contributed by atoms with Crippen LogP contribution < -0.4 is 26.2 Å². The molecule has 13 aromatic rings. The van der Waals surface area contributed by atoms with E-state index in [1.54, 1.807) is 22.7 Å². The number of rotatable bonds is 6. The molecule has 0 N–H and O–H groups in total. The van der Waals surface area contributed by atoms with Gasteiger partial charge in [-0.2, -0.15) is 0 Å². The molecule has 0 saturated heterocycles. The van der Waals surface area contributed by atoms with Crippen LogP contribution in [-0.4, -0.2) is 6.71 Å². The van der Waals surface area contributed by atoms with Gasteiger partial charge in [-0.15, -0.1) is 22.7 Å². The molecule has 0 amide bonds. The van der Waals surface area contributed by atoms with Crippen molar-refractivity contribution in [3.05, 3.63) is 222 Å². The first-order chi connectivity index (χ1) is 39.1. The summed E-state index contributed by atoms with van der Waals surface area (Å²) in [6.07, 6.45) is 0. The molecule has 394 valence electrons. The van der Waals surface area contributed by atoms with Gasteiger partial charge in [0, 0.05) is 75.5 Å². The second kappa shape index (κ2) is 18.1. The van der Waals surface area contributed by atoms with E-state index in [1.807, 2.05) is 0 Å². The largest absolute Gasteiger partial charge is 0.440 e. The Morgan fingerprint density at radius 2 is 0.741 bits per heavy atom. The SMILES string of the molecule is CC(C)(C)c1cc2c3c(c1)N(c1cc(-c4csc5ccccc45)ccc1-c1ccccc1)c1oc4ccc(C(C)(C)C)cc4c1B3c1c(oc3ccc(C(C)(C)C)cc13)N2c1cc(-c2csc3ccccc23)ccc1-c1ccccc1. The highest BCUT2D eigenvalue weighted by Gasteiger charge is 2.50. The minimum atomic E-state index is -0.289. The molecule has 9 aromatic carbocycles. The van der Waals surface area contributed by atoms with Crippen LogP contribution in [0.1, 0.15) is 79.0 Å². The topological polar surface area (TPSA) is 32.8 Å². The van der Waals surface area contributed by atoms with Crippen LogP contribution in [0, 0.1) is 0 Å². The smallest absolute Gasteiger partial charge is 0.262 e. The molecule has 0 saturated carbocycles.